The number of fused-ring (bicyclic) bond motifs is 3. The Labute approximate surface area is 195 Å². The molecule has 0 spiro atoms. The molecular formula is C25H26FN5O3. The third-order valence-corrected chi connectivity index (χ3v) is 6.16. The normalized spacial score (nSPS) is 15.5. The minimum absolute atomic E-state index is 0.0560. The van der Waals surface area contributed by atoms with Gasteiger partial charge in [-0.2, -0.15) is 4.98 Å². The highest BCUT2D eigenvalue weighted by molar-refractivity contribution is 5.77. The average Bonchev–Trinajstić information content (AvgIpc) is 3.21. The van der Waals surface area contributed by atoms with Gasteiger partial charge in [0, 0.05) is 25.8 Å². The lowest BCUT2D eigenvalue weighted by molar-refractivity contribution is 0.340. The van der Waals surface area contributed by atoms with Crippen molar-refractivity contribution in [2.75, 3.05) is 18.1 Å². The molecule has 1 aliphatic heterocycles. The molecule has 2 aromatic carbocycles. The van der Waals surface area contributed by atoms with E-state index < -0.39 is 11.2 Å². The second-order valence-corrected chi connectivity index (χ2v) is 8.70. The van der Waals surface area contributed by atoms with Gasteiger partial charge in [-0.3, -0.25) is 13.9 Å². The molecule has 3 heterocycles. The Morgan fingerprint density at radius 2 is 1.76 bits per heavy atom. The van der Waals surface area contributed by atoms with E-state index in [2.05, 4.69) is 11.8 Å². The first-order valence-corrected chi connectivity index (χ1v) is 11.3. The molecule has 0 saturated heterocycles. The molecule has 4 aromatic rings. The predicted octanol–water partition coefficient (Wildman–Crippen LogP) is 3.27. The van der Waals surface area contributed by atoms with Gasteiger partial charge in [-0.05, 0) is 54.8 Å². The van der Waals surface area contributed by atoms with Gasteiger partial charge in [0.15, 0.2) is 11.2 Å². The zero-order valence-corrected chi connectivity index (χ0v) is 19.4. The summed E-state index contributed by atoms with van der Waals surface area (Å²) < 4.78 is 23.4. The second-order valence-electron chi connectivity index (χ2n) is 8.70. The van der Waals surface area contributed by atoms with Gasteiger partial charge in [0.05, 0.1) is 13.2 Å². The van der Waals surface area contributed by atoms with E-state index in [1.165, 1.54) is 21.3 Å². The van der Waals surface area contributed by atoms with Crippen LogP contribution < -0.4 is 20.9 Å². The molecule has 0 bridgehead atoms. The van der Waals surface area contributed by atoms with Crippen molar-refractivity contribution in [1.82, 2.24) is 18.7 Å². The molecule has 0 amide bonds. The second kappa shape index (κ2) is 8.48. The number of ether oxygens (including phenoxy) is 1. The van der Waals surface area contributed by atoms with E-state index in [1.54, 1.807) is 19.2 Å². The largest absolute Gasteiger partial charge is 0.494 e. The zero-order chi connectivity index (χ0) is 24.0. The summed E-state index contributed by atoms with van der Waals surface area (Å²) in [5.74, 6) is 1.30. The molecule has 34 heavy (non-hydrogen) atoms. The zero-order valence-electron chi connectivity index (χ0n) is 19.4. The van der Waals surface area contributed by atoms with Crippen molar-refractivity contribution in [2.45, 2.75) is 26.9 Å². The molecule has 1 aliphatic rings. The summed E-state index contributed by atoms with van der Waals surface area (Å²) in [5, 5.41) is 0. The molecule has 8 nitrogen and oxygen atoms in total. The Morgan fingerprint density at radius 1 is 1.06 bits per heavy atom. The molecule has 5 rings (SSSR count). The Hall–Kier alpha value is -3.88. The Kier molecular flexibility index (Phi) is 5.47. The maximum atomic E-state index is 13.6. The number of benzene rings is 2. The van der Waals surface area contributed by atoms with Crippen LogP contribution in [0.15, 0.2) is 58.1 Å². The van der Waals surface area contributed by atoms with Crippen molar-refractivity contribution in [1.29, 1.82) is 0 Å². The Morgan fingerprint density at radius 3 is 2.44 bits per heavy atom. The summed E-state index contributed by atoms with van der Waals surface area (Å²) in [4.78, 5) is 33.4. The Bertz CT molecular complexity index is 1470. The van der Waals surface area contributed by atoms with Gasteiger partial charge in [0.2, 0.25) is 5.95 Å². The lowest BCUT2D eigenvalue weighted by Gasteiger charge is -2.33. The maximum absolute atomic E-state index is 13.6. The van der Waals surface area contributed by atoms with Crippen molar-refractivity contribution < 1.29 is 9.13 Å². The lowest BCUT2D eigenvalue weighted by Crippen LogP contribution is -2.40. The highest BCUT2D eigenvalue weighted by Gasteiger charge is 2.29. The number of anilines is 2. The predicted molar refractivity (Wildman–Crippen MR) is 129 cm³/mol. The molecule has 0 radical (unpaired) electrons. The number of imidazole rings is 1. The van der Waals surface area contributed by atoms with Crippen LogP contribution in [0, 0.1) is 11.7 Å². The number of halogens is 1. The fraction of sp³-hybridized carbons (Fsp3) is 0.320. The van der Waals surface area contributed by atoms with E-state index >= 15 is 0 Å². The summed E-state index contributed by atoms with van der Waals surface area (Å²) in [6.45, 7) is 6.05. The Balaban J connectivity index is 1.65. The first-order chi connectivity index (χ1) is 16.4. The molecular weight excluding hydrogens is 437 g/mol. The van der Waals surface area contributed by atoms with Gasteiger partial charge in [0.25, 0.3) is 5.56 Å². The van der Waals surface area contributed by atoms with Crippen LogP contribution in [0.4, 0.5) is 16.0 Å². The minimum atomic E-state index is -0.460. The molecule has 2 aromatic heterocycles. The summed E-state index contributed by atoms with van der Waals surface area (Å²) in [7, 11) is 1.62. The fourth-order valence-corrected chi connectivity index (χ4v) is 4.52. The molecule has 1 atom stereocenters. The maximum Gasteiger partial charge on any atom is 0.332 e. The number of rotatable bonds is 5. The van der Waals surface area contributed by atoms with Gasteiger partial charge in [0.1, 0.15) is 11.6 Å². The van der Waals surface area contributed by atoms with E-state index in [9.17, 15) is 14.0 Å². The first kappa shape index (κ1) is 21.9. The highest BCUT2D eigenvalue weighted by Crippen LogP contribution is 2.33. The number of hydrogen-bond donors (Lipinski definition) is 0. The highest BCUT2D eigenvalue weighted by atomic mass is 19.1. The van der Waals surface area contributed by atoms with Crippen molar-refractivity contribution in [3.63, 3.8) is 0 Å². The topological polar surface area (TPSA) is 74.3 Å². The van der Waals surface area contributed by atoms with Crippen molar-refractivity contribution >= 4 is 22.8 Å². The molecule has 0 saturated carbocycles. The smallest absolute Gasteiger partial charge is 0.332 e. The quantitative estimate of drug-likeness (QED) is 0.454. The molecule has 0 unspecified atom stereocenters. The summed E-state index contributed by atoms with van der Waals surface area (Å²) in [5.41, 5.74) is 1.48. The van der Waals surface area contributed by atoms with Gasteiger partial charge < -0.3 is 14.2 Å². The molecule has 0 N–H and O–H groups in total. The number of hydrogen-bond acceptors (Lipinski definition) is 5. The van der Waals surface area contributed by atoms with Gasteiger partial charge in [-0.25, -0.2) is 9.18 Å². The van der Waals surface area contributed by atoms with Gasteiger partial charge in [-0.1, -0.05) is 19.1 Å². The summed E-state index contributed by atoms with van der Waals surface area (Å²) in [6.07, 6.45) is 0. The van der Waals surface area contributed by atoms with Crippen LogP contribution >= 0.6 is 0 Å². The molecule has 0 fully saturated rings. The number of nitrogens with zero attached hydrogens (tertiary/aromatic N) is 5. The first-order valence-electron chi connectivity index (χ1n) is 11.3. The van der Waals surface area contributed by atoms with Crippen LogP contribution in [0.1, 0.15) is 19.4 Å². The van der Waals surface area contributed by atoms with E-state index in [1.807, 2.05) is 35.8 Å². The van der Waals surface area contributed by atoms with Crippen LogP contribution in [-0.4, -0.2) is 31.8 Å². The van der Waals surface area contributed by atoms with E-state index in [-0.39, 0.29) is 18.3 Å². The monoisotopic (exact) mass is 463 g/mol. The van der Waals surface area contributed by atoms with Crippen LogP contribution in [0.3, 0.4) is 0 Å². The van der Waals surface area contributed by atoms with Gasteiger partial charge >= 0.3 is 5.69 Å². The van der Waals surface area contributed by atoms with E-state index in [0.29, 0.717) is 35.8 Å². The van der Waals surface area contributed by atoms with Crippen molar-refractivity contribution in [3.8, 4) is 5.75 Å². The minimum Gasteiger partial charge on any atom is -0.494 e. The standard InChI is InChI=1S/C25H26FN5O3/c1-4-34-20-11-9-19(10-12-20)29-13-16(2)14-30-21-22(27-24(29)30)28(3)25(33)31(23(21)32)15-17-5-7-18(26)8-6-17/h5-12,16H,4,13-15H2,1-3H3/t16-/m1/s1. The summed E-state index contributed by atoms with van der Waals surface area (Å²) >= 11 is 0. The molecule has 176 valence electrons. The van der Waals surface area contributed by atoms with Crippen LogP contribution in [0.25, 0.3) is 11.2 Å². The lowest BCUT2D eigenvalue weighted by atomic mass is 10.1. The number of aromatic nitrogens is 4. The van der Waals surface area contributed by atoms with Crippen LogP contribution in [0.5, 0.6) is 5.75 Å². The van der Waals surface area contributed by atoms with Crippen LogP contribution in [-0.2, 0) is 20.1 Å². The number of aryl methyl sites for hydroxylation is 1. The SMILES string of the molecule is CCOc1ccc(N2C[C@@H](C)Cn3c2nc2c3c(=O)n(Cc3ccc(F)cc3)c(=O)n2C)cc1. The third-order valence-electron chi connectivity index (χ3n) is 6.16. The van der Waals surface area contributed by atoms with Crippen molar-refractivity contribution in [3.05, 3.63) is 80.7 Å². The van der Waals surface area contributed by atoms with Gasteiger partial charge in [-0.15, -0.1) is 0 Å². The average molecular weight is 464 g/mol. The summed E-state index contributed by atoms with van der Waals surface area (Å²) in [6, 6.07) is 13.6. The molecule has 0 aliphatic carbocycles. The third kappa shape index (κ3) is 3.67. The van der Waals surface area contributed by atoms with E-state index in [4.69, 9.17) is 9.72 Å². The van der Waals surface area contributed by atoms with E-state index in [0.717, 1.165) is 18.0 Å². The van der Waals surface area contributed by atoms with Crippen LogP contribution in [0.2, 0.25) is 0 Å². The van der Waals surface area contributed by atoms with Crippen molar-refractivity contribution in [2.24, 2.45) is 13.0 Å². The molecule has 9 heteroatoms. The fourth-order valence-electron chi connectivity index (χ4n) is 4.52.